The largest absolute Gasteiger partial charge is 0.507 e. The van der Waals surface area contributed by atoms with Gasteiger partial charge in [-0.15, -0.1) is 0 Å². The molecule has 1 unspecified atom stereocenters. The molecule has 41 heavy (non-hydrogen) atoms. The van der Waals surface area contributed by atoms with Crippen molar-refractivity contribution in [2.75, 3.05) is 46.5 Å². The van der Waals surface area contributed by atoms with E-state index < -0.39 is 17.7 Å². The summed E-state index contributed by atoms with van der Waals surface area (Å²) in [5.74, 6) is 0.311. The molecule has 1 saturated heterocycles. The predicted molar refractivity (Wildman–Crippen MR) is 162 cm³/mol. The standard InChI is InChI=1S/C33H46N2O6/c1-7-11-12-20-41-27-16-13-24(22-28(27)39-6)30-29(32(37)33(38)35(30)18-17-34(9-3)10-4)31(36)25-14-15-26(23(5)21-25)40-19-8-2/h13-16,21-22,30,36H,7-12,17-20H2,1-6H3/b31-29+. The summed E-state index contributed by atoms with van der Waals surface area (Å²) in [6.07, 6.45) is 3.99. The molecule has 1 aliphatic rings. The Morgan fingerprint density at radius 1 is 0.902 bits per heavy atom. The van der Waals surface area contributed by atoms with Gasteiger partial charge in [-0.25, -0.2) is 0 Å². The number of methoxy groups -OCH3 is 1. The van der Waals surface area contributed by atoms with Crippen molar-refractivity contribution in [1.82, 2.24) is 9.80 Å². The average Bonchev–Trinajstić information content (AvgIpc) is 3.23. The van der Waals surface area contributed by atoms with E-state index in [0.717, 1.165) is 50.1 Å². The Morgan fingerprint density at radius 3 is 2.24 bits per heavy atom. The van der Waals surface area contributed by atoms with Crippen molar-refractivity contribution < 1.29 is 28.9 Å². The fourth-order valence-electron chi connectivity index (χ4n) is 5.08. The first kappa shape index (κ1) is 32.0. The molecule has 2 aromatic rings. The van der Waals surface area contributed by atoms with E-state index in [1.807, 2.05) is 26.0 Å². The number of aryl methyl sites for hydroxylation is 1. The molecule has 1 amide bonds. The smallest absolute Gasteiger partial charge is 0.295 e. The molecule has 8 nitrogen and oxygen atoms in total. The SMILES string of the molecule is CCCCCOc1ccc(C2/C(=C(\O)c3ccc(OCCC)c(C)c3)C(=O)C(=O)N2CCN(CC)CC)cc1OC. The van der Waals surface area contributed by atoms with Crippen LogP contribution in [0.15, 0.2) is 42.0 Å². The highest BCUT2D eigenvalue weighted by molar-refractivity contribution is 6.46. The summed E-state index contributed by atoms with van der Waals surface area (Å²) in [6.45, 7) is 14.0. The molecule has 1 aliphatic heterocycles. The molecule has 0 spiro atoms. The van der Waals surface area contributed by atoms with Crippen molar-refractivity contribution >= 4 is 17.4 Å². The summed E-state index contributed by atoms with van der Waals surface area (Å²) in [6, 6.07) is 9.99. The number of rotatable bonds is 16. The van der Waals surface area contributed by atoms with Crippen LogP contribution in [0.4, 0.5) is 0 Å². The second-order valence-corrected chi connectivity index (χ2v) is 10.3. The third-order valence-corrected chi connectivity index (χ3v) is 7.51. The van der Waals surface area contributed by atoms with Gasteiger partial charge in [0.2, 0.25) is 0 Å². The van der Waals surface area contributed by atoms with Crippen molar-refractivity contribution in [2.45, 2.75) is 66.3 Å². The average molecular weight is 567 g/mol. The summed E-state index contributed by atoms with van der Waals surface area (Å²) < 4.78 is 17.4. The number of hydrogen-bond donors (Lipinski definition) is 1. The molecule has 0 aliphatic carbocycles. The number of benzene rings is 2. The maximum atomic E-state index is 13.5. The van der Waals surface area contributed by atoms with Crippen LogP contribution in [-0.2, 0) is 9.59 Å². The molecule has 0 radical (unpaired) electrons. The Bertz CT molecular complexity index is 1220. The van der Waals surface area contributed by atoms with Gasteiger partial charge in [-0.2, -0.15) is 0 Å². The number of unbranched alkanes of at least 4 members (excludes halogenated alkanes) is 2. The van der Waals surface area contributed by atoms with E-state index in [0.29, 0.717) is 48.9 Å². The van der Waals surface area contributed by atoms with E-state index >= 15 is 0 Å². The van der Waals surface area contributed by atoms with Gasteiger partial charge in [0.05, 0.1) is 31.9 Å². The Hall–Kier alpha value is -3.52. The number of carbonyl (C=O) groups excluding carboxylic acids is 2. The Morgan fingerprint density at radius 2 is 1.61 bits per heavy atom. The van der Waals surface area contributed by atoms with Crippen LogP contribution in [0.3, 0.4) is 0 Å². The first-order chi connectivity index (χ1) is 19.8. The topological polar surface area (TPSA) is 88.5 Å². The highest BCUT2D eigenvalue weighted by Gasteiger charge is 2.46. The second-order valence-electron chi connectivity index (χ2n) is 10.3. The minimum Gasteiger partial charge on any atom is -0.507 e. The van der Waals surface area contributed by atoms with Gasteiger partial charge < -0.3 is 29.1 Å². The van der Waals surface area contributed by atoms with Crippen LogP contribution in [0.1, 0.15) is 76.1 Å². The minimum atomic E-state index is -0.773. The molecular formula is C33H46N2O6. The van der Waals surface area contributed by atoms with Crippen molar-refractivity contribution in [1.29, 1.82) is 0 Å². The maximum absolute atomic E-state index is 13.5. The fraction of sp³-hybridized carbons (Fsp3) is 0.515. The van der Waals surface area contributed by atoms with Gasteiger partial charge in [0, 0.05) is 18.7 Å². The normalized spacial score (nSPS) is 16.5. The van der Waals surface area contributed by atoms with Crippen LogP contribution in [0.5, 0.6) is 17.2 Å². The Kier molecular flexibility index (Phi) is 12.1. The molecule has 0 saturated carbocycles. The Labute approximate surface area is 244 Å². The molecule has 224 valence electrons. The molecule has 1 heterocycles. The summed E-state index contributed by atoms with van der Waals surface area (Å²) >= 11 is 0. The maximum Gasteiger partial charge on any atom is 0.295 e. The number of amides is 1. The first-order valence-electron chi connectivity index (χ1n) is 14.9. The zero-order valence-electron chi connectivity index (χ0n) is 25.5. The molecule has 1 fully saturated rings. The van der Waals surface area contributed by atoms with E-state index in [9.17, 15) is 14.7 Å². The van der Waals surface area contributed by atoms with Gasteiger partial charge in [0.15, 0.2) is 11.5 Å². The zero-order chi connectivity index (χ0) is 29.9. The first-order valence-corrected chi connectivity index (χ1v) is 14.9. The van der Waals surface area contributed by atoms with Crippen LogP contribution in [-0.4, -0.2) is 73.1 Å². The van der Waals surface area contributed by atoms with Gasteiger partial charge in [-0.3, -0.25) is 9.59 Å². The molecule has 3 rings (SSSR count). The third kappa shape index (κ3) is 7.61. The van der Waals surface area contributed by atoms with E-state index in [1.165, 1.54) is 0 Å². The monoisotopic (exact) mass is 566 g/mol. The highest BCUT2D eigenvalue weighted by Crippen LogP contribution is 2.42. The highest BCUT2D eigenvalue weighted by atomic mass is 16.5. The summed E-state index contributed by atoms with van der Waals surface area (Å²) in [4.78, 5) is 30.7. The number of ketones is 1. The molecule has 2 aromatic carbocycles. The second kappa shape index (κ2) is 15.5. The molecule has 0 aromatic heterocycles. The lowest BCUT2D eigenvalue weighted by Gasteiger charge is -2.28. The number of Topliss-reactive ketones (excluding diaryl/α,β-unsaturated/α-hetero) is 1. The van der Waals surface area contributed by atoms with Gasteiger partial charge in [-0.1, -0.05) is 46.6 Å². The van der Waals surface area contributed by atoms with Gasteiger partial charge in [-0.05, 0) is 74.3 Å². The minimum absolute atomic E-state index is 0.0647. The molecule has 0 bridgehead atoms. The number of likely N-dealkylation sites (N-methyl/N-ethyl adjacent to an activating group) is 1. The summed E-state index contributed by atoms with van der Waals surface area (Å²) in [7, 11) is 1.57. The van der Waals surface area contributed by atoms with E-state index in [4.69, 9.17) is 14.2 Å². The van der Waals surface area contributed by atoms with Crippen LogP contribution in [0, 0.1) is 6.92 Å². The lowest BCUT2D eigenvalue weighted by atomic mass is 9.94. The van der Waals surface area contributed by atoms with Gasteiger partial charge in [0.25, 0.3) is 11.7 Å². The summed E-state index contributed by atoms with van der Waals surface area (Å²) in [5.41, 5.74) is 2.03. The molecule has 1 N–H and O–H groups in total. The lowest BCUT2D eigenvalue weighted by molar-refractivity contribution is -0.140. The van der Waals surface area contributed by atoms with E-state index in [2.05, 4.69) is 25.7 Å². The van der Waals surface area contributed by atoms with Crippen molar-refractivity contribution in [3.8, 4) is 17.2 Å². The predicted octanol–water partition coefficient (Wildman–Crippen LogP) is 6.12. The number of aliphatic hydroxyl groups excluding tert-OH is 1. The van der Waals surface area contributed by atoms with Gasteiger partial charge >= 0.3 is 0 Å². The summed E-state index contributed by atoms with van der Waals surface area (Å²) in [5, 5.41) is 11.5. The fourth-order valence-corrected chi connectivity index (χ4v) is 5.08. The van der Waals surface area contributed by atoms with Crippen molar-refractivity contribution in [3.05, 3.63) is 58.7 Å². The third-order valence-electron chi connectivity index (χ3n) is 7.51. The number of hydrogen-bond acceptors (Lipinski definition) is 7. The number of aliphatic hydroxyl groups is 1. The molecule has 1 atom stereocenters. The van der Waals surface area contributed by atoms with Crippen molar-refractivity contribution in [2.24, 2.45) is 0 Å². The quantitative estimate of drug-likeness (QED) is 0.113. The number of nitrogens with zero attached hydrogens (tertiary/aromatic N) is 2. The van der Waals surface area contributed by atoms with Crippen LogP contribution < -0.4 is 14.2 Å². The number of ether oxygens (including phenoxy) is 3. The molecule has 8 heteroatoms. The van der Waals surface area contributed by atoms with Crippen molar-refractivity contribution in [3.63, 3.8) is 0 Å². The number of likely N-dealkylation sites (tertiary alicyclic amines) is 1. The number of carbonyl (C=O) groups is 2. The van der Waals surface area contributed by atoms with E-state index in [-0.39, 0.29) is 11.3 Å². The van der Waals surface area contributed by atoms with Crippen LogP contribution in [0.25, 0.3) is 5.76 Å². The van der Waals surface area contributed by atoms with Crippen LogP contribution >= 0.6 is 0 Å². The van der Waals surface area contributed by atoms with E-state index in [1.54, 1.807) is 36.3 Å². The Balaban J connectivity index is 2.08. The lowest BCUT2D eigenvalue weighted by Crippen LogP contribution is -2.38. The van der Waals surface area contributed by atoms with Gasteiger partial charge in [0.1, 0.15) is 11.5 Å². The van der Waals surface area contributed by atoms with Crippen LogP contribution in [0.2, 0.25) is 0 Å². The zero-order valence-corrected chi connectivity index (χ0v) is 25.5. The molecular weight excluding hydrogens is 520 g/mol.